The third kappa shape index (κ3) is 3.08. The van der Waals surface area contributed by atoms with Crippen molar-refractivity contribution >= 4 is 34.5 Å². The summed E-state index contributed by atoms with van der Waals surface area (Å²) < 4.78 is 14.0. The molecule has 0 aliphatic carbocycles. The molecule has 2 N–H and O–H groups in total. The van der Waals surface area contributed by atoms with Crippen molar-refractivity contribution in [3.63, 3.8) is 0 Å². The zero-order chi connectivity index (χ0) is 14.8. The molecule has 3 rings (SSSR count). The van der Waals surface area contributed by atoms with Crippen molar-refractivity contribution < 1.29 is 14.0 Å². The van der Waals surface area contributed by atoms with Crippen LogP contribution in [0, 0.1) is 5.82 Å². The van der Waals surface area contributed by atoms with Crippen LogP contribution in [0.5, 0.6) is 0 Å². The third-order valence-electron chi connectivity index (χ3n) is 3.18. The highest BCUT2D eigenvalue weighted by atomic mass is 32.1. The Balaban J connectivity index is 1.76. The smallest absolute Gasteiger partial charge is 0.229 e. The molecule has 108 valence electrons. The summed E-state index contributed by atoms with van der Waals surface area (Å²) in [6.07, 6.45) is 2.69. The zero-order valence-corrected chi connectivity index (χ0v) is 11.8. The van der Waals surface area contributed by atoms with Gasteiger partial charge in [-0.05, 0) is 24.1 Å². The molecule has 1 aliphatic heterocycles. The van der Waals surface area contributed by atoms with E-state index in [-0.39, 0.29) is 23.9 Å². The van der Waals surface area contributed by atoms with E-state index >= 15 is 0 Å². The van der Waals surface area contributed by atoms with E-state index in [1.165, 1.54) is 17.4 Å². The largest absolute Gasteiger partial charge is 0.326 e. The normalized spacial score (nSPS) is 13.5. The van der Waals surface area contributed by atoms with Crippen LogP contribution in [0.25, 0.3) is 0 Å². The maximum absolute atomic E-state index is 14.0. The molecule has 1 aromatic heterocycles. The summed E-state index contributed by atoms with van der Waals surface area (Å²) in [6, 6.07) is 2.82. The van der Waals surface area contributed by atoms with Gasteiger partial charge in [0.2, 0.25) is 11.8 Å². The number of aromatic nitrogens is 1. The molecule has 0 radical (unpaired) electrons. The van der Waals surface area contributed by atoms with E-state index in [1.807, 2.05) is 0 Å². The van der Waals surface area contributed by atoms with Gasteiger partial charge < -0.3 is 10.6 Å². The number of hydrogen-bond acceptors (Lipinski definition) is 4. The molecule has 0 saturated heterocycles. The third-order valence-corrected chi connectivity index (χ3v) is 3.96. The Morgan fingerprint density at radius 2 is 2.29 bits per heavy atom. The predicted molar refractivity (Wildman–Crippen MR) is 77.8 cm³/mol. The second-order valence-electron chi connectivity index (χ2n) is 4.73. The van der Waals surface area contributed by atoms with E-state index < -0.39 is 5.82 Å². The number of nitrogens with zero attached hydrogens (tertiary/aromatic N) is 1. The summed E-state index contributed by atoms with van der Waals surface area (Å²) in [7, 11) is 0. The molecule has 2 amide bonds. The first-order valence-corrected chi connectivity index (χ1v) is 7.29. The SMILES string of the molecule is O=C(Cc1cncs1)Nc1cc2c(cc1F)NC(=O)CC2. The minimum Gasteiger partial charge on any atom is -0.326 e. The fourth-order valence-electron chi connectivity index (χ4n) is 2.18. The minimum absolute atomic E-state index is 0.121. The van der Waals surface area contributed by atoms with Gasteiger partial charge in [-0.1, -0.05) is 0 Å². The van der Waals surface area contributed by atoms with E-state index in [1.54, 1.807) is 17.8 Å². The summed E-state index contributed by atoms with van der Waals surface area (Å²) in [5, 5.41) is 5.18. The summed E-state index contributed by atoms with van der Waals surface area (Å²) in [6.45, 7) is 0. The highest BCUT2D eigenvalue weighted by Crippen LogP contribution is 2.28. The van der Waals surface area contributed by atoms with Gasteiger partial charge in [-0.25, -0.2) is 4.39 Å². The molecule has 0 spiro atoms. The van der Waals surface area contributed by atoms with Crippen molar-refractivity contribution in [2.75, 3.05) is 10.6 Å². The molecule has 0 fully saturated rings. The average molecular weight is 305 g/mol. The number of fused-ring (bicyclic) bond motifs is 1. The number of hydrogen-bond donors (Lipinski definition) is 2. The number of anilines is 2. The molecule has 2 heterocycles. The van der Waals surface area contributed by atoms with Gasteiger partial charge >= 0.3 is 0 Å². The van der Waals surface area contributed by atoms with Gasteiger partial charge in [-0.2, -0.15) is 0 Å². The van der Waals surface area contributed by atoms with Crippen LogP contribution < -0.4 is 10.6 Å². The molecular formula is C14H12FN3O2S. The first-order chi connectivity index (χ1) is 10.1. The Kier molecular flexibility index (Phi) is 3.66. The lowest BCUT2D eigenvalue weighted by molar-refractivity contribution is -0.117. The number of nitrogens with one attached hydrogen (secondary N) is 2. The molecule has 0 saturated carbocycles. The number of aryl methyl sites for hydroxylation is 1. The first-order valence-electron chi connectivity index (χ1n) is 6.41. The molecular weight excluding hydrogens is 293 g/mol. The van der Waals surface area contributed by atoms with Crippen LogP contribution in [-0.4, -0.2) is 16.8 Å². The maximum atomic E-state index is 14.0. The Hall–Kier alpha value is -2.28. The van der Waals surface area contributed by atoms with Gasteiger partial charge in [0.1, 0.15) is 5.82 Å². The average Bonchev–Trinajstić information content (AvgIpc) is 2.92. The van der Waals surface area contributed by atoms with Gasteiger partial charge in [0.25, 0.3) is 0 Å². The number of thiazole rings is 1. The Morgan fingerprint density at radius 3 is 3.05 bits per heavy atom. The van der Waals surface area contributed by atoms with Crippen molar-refractivity contribution in [2.45, 2.75) is 19.3 Å². The van der Waals surface area contributed by atoms with E-state index in [9.17, 15) is 14.0 Å². The van der Waals surface area contributed by atoms with Crippen molar-refractivity contribution in [2.24, 2.45) is 0 Å². The fraction of sp³-hybridized carbons (Fsp3) is 0.214. The van der Waals surface area contributed by atoms with Crippen molar-refractivity contribution in [1.82, 2.24) is 4.98 Å². The molecule has 1 aliphatic rings. The molecule has 5 nitrogen and oxygen atoms in total. The van der Waals surface area contributed by atoms with Crippen LogP contribution >= 0.6 is 11.3 Å². The number of carbonyl (C=O) groups is 2. The highest BCUT2D eigenvalue weighted by molar-refractivity contribution is 7.09. The van der Waals surface area contributed by atoms with Gasteiger partial charge in [0, 0.05) is 23.2 Å². The number of halogens is 1. The van der Waals surface area contributed by atoms with Crippen molar-refractivity contribution in [3.05, 3.63) is 40.1 Å². The van der Waals surface area contributed by atoms with Crippen LogP contribution in [-0.2, 0) is 22.4 Å². The molecule has 1 aromatic carbocycles. The lowest BCUT2D eigenvalue weighted by atomic mass is 10.0. The van der Waals surface area contributed by atoms with E-state index in [0.717, 1.165) is 10.4 Å². The second-order valence-corrected chi connectivity index (χ2v) is 5.70. The lowest BCUT2D eigenvalue weighted by Gasteiger charge is -2.18. The maximum Gasteiger partial charge on any atom is 0.229 e. The highest BCUT2D eigenvalue weighted by Gasteiger charge is 2.18. The summed E-state index contributed by atoms with van der Waals surface area (Å²) in [5.41, 5.74) is 3.08. The van der Waals surface area contributed by atoms with Gasteiger partial charge in [0.15, 0.2) is 0 Å². The second kappa shape index (κ2) is 5.61. The molecule has 7 heteroatoms. The summed E-state index contributed by atoms with van der Waals surface area (Å²) in [4.78, 5) is 27.9. The van der Waals surface area contributed by atoms with Gasteiger partial charge in [-0.3, -0.25) is 14.6 Å². The topological polar surface area (TPSA) is 71.1 Å². The van der Waals surface area contributed by atoms with Crippen LogP contribution in [0.3, 0.4) is 0 Å². The number of benzene rings is 1. The van der Waals surface area contributed by atoms with Crippen LogP contribution in [0.1, 0.15) is 16.9 Å². The number of rotatable bonds is 3. The van der Waals surface area contributed by atoms with Crippen molar-refractivity contribution in [1.29, 1.82) is 0 Å². The molecule has 21 heavy (non-hydrogen) atoms. The van der Waals surface area contributed by atoms with Crippen LogP contribution in [0.2, 0.25) is 0 Å². The Bertz CT molecular complexity index is 700. The van der Waals surface area contributed by atoms with Crippen LogP contribution in [0.4, 0.5) is 15.8 Å². The monoisotopic (exact) mass is 305 g/mol. The zero-order valence-electron chi connectivity index (χ0n) is 11.0. The molecule has 0 atom stereocenters. The number of amides is 2. The lowest BCUT2D eigenvalue weighted by Crippen LogP contribution is -2.20. The minimum atomic E-state index is -0.561. The standard InChI is InChI=1S/C14H12FN3O2S/c15-10-5-11-8(1-2-13(19)17-11)3-12(10)18-14(20)4-9-6-16-7-21-9/h3,5-7H,1-2,4H2,(H,17,19)(H,18,20). The van der Waals surface area contributed by atoms with Crippen LogP contribution in [0.15, 0.2) is 23.8 Å². The summed E-state index contributed by atoms with van der Waals surface area (Å²) >= 11 is 1.38. The van der Waals surface area contributed by atoms with E-state index in [2.05, 4.69) is 15.6 Å². The number of carbonyl (C=O) groups excluding carboxylic acids is 2. The molecule has 2 aromatic rings. The van der Waals surface area contributed by atoms with E-state index in [0.29, 0.717) is 18.5 Å². The van der Waals surface area contributed by atoms with Gasteiger partial charge in [0.05, 0.1) is 17.6 Å². The molecule has 0 bridgehead atoms. The predicted octanol–water partition coefficient (Wildman–Crippen LogP) is 2.35. The Labute approximate surface area is 124 Å². The van der Waals surface area contributed by atoms with E-state index in [4.69, 9.17) is 0 Å². The fourth-order valence-corrected chi connectivity index (χ4v) is 2.77. The quantitative estimate of drug-likeness (QED) is 0.914. The first kappa shape index (κ1) is 13.7. The Morgan fingerprint density at radius 1 is 1.43 bits per heavy atom. The molecule has 0 unspecified atom stereocenters. The van der Waals surface area contributed by atoms with Crippen molar-refractivity contribution in [3.8, 4) is 0 Å². The van der Waals surface area contributed by atoms with Gasteiger partial charge in [-0.15, -0.1) is 11.3 Å². The summed E-state index contributed by atoms with van der Waals surface area (Å²) in [5.74, 6) is -0.976.